The Kier molecular flexibility index (Phi) is 5.86. The van der Waals surface area contributed by atoms with E-state index in [1.807, 2.05) is 0 Å². The molecule has 4 fully saturated rings. The van der Waals surface area contributed by atoms with Gasteiger partial charge in [-0.15, -0.1) is 0 Å². The van der Waals surface area contributed by atoms with E-state index in [0.717, 1.165) is 41.9 Å². The van der Waals surface area contributed by atoms with Crippen LogP contribution in [0.15, 0.2) is 0 Å². The highest BCUT2D eigenvalue weighted by Crippen LogP contribution is 2.70. The maximum atomic E-state index is 10.9. The van der Waals surface area contributed by atoms with Crippen LogP contribution in [0.5, 0.6) is 0 Å². The van der Waals surface area contributed by atoms with Gasteiger partial charge in [-0.25, -0.2) is 0 Å². The maximum Gasteiger partial charge on any atom is 0.0550 e. The fourth-order valence-electron chi connectivity index (χ4n) is 10.1. The van der Waals surface area contributed by atoms with Crippen LogP contribution in [0, 0.1) is 57.7 Å². The Morgan fingerprint density at radius 3 is 2.30 bits per heavy atom. The molecule has 30 heavy (non-hydrogen) atoms. The first-order chi connectivity index (χ1) is 14.4. The van der Waals surface area contributed by atoms with Gasteiger partial charge in [0, 0.05) is 1.37 Å². The average molecular weight is 418 g/mol. The summed E-state index contributed by atoms with van der Waals surface area (Å²) in [4.78, 5) is 0. The van der Waals surface area contributed by atoms with Crippen LogP contribution in [0.3, 0.4) is 0 Å². The van der Waals surface area contributed by atoms with Gasteiger partial charge in [0.25, 0.3) is 0 Å². The number of fused-ring (bicyclic) bond motifs is 5. The van der Waals surface area contributed by atoms with Gasteiger partial charge in [0.2, 0.25) is 0 Å². The van der Waals surface area contributed by atoms with Crippen molar-refractivity contribution in [1.29, 1.82) is 0 Å². The molecule has 1 N–H and O–H groups in total. The maximum absolute atomic E-state index is 10.9. The summed E-state index contributed by atoms with van der Waals surface area (Å²) in [6.45, 7) is 17.1. The van der Waals surface area contributed by atoms with Crippen molar-refractivity contribution in [3.8, 4) is 0 Å². The molecule has 0 bridgehead atoms. The van der Waals surface area contributed by atoms with Gasteiger partial charge < -0.3 is 5.11 Å². The zero-order chi connectivity index (χ0) is 22.8. The first kappa shape index (κ1) is 21.8. The zero-order valence-corrected chi connectivity index (χ0v) is 21.2. The second kappa shape index (κ2) is 8.07. The summed E-state index contributed by atoms with van der Waals surface area (Å²) in [5.74, 6) is 5.75. The van der Waals surface area contributed by atoms with E-state index in [9.17, 15) is 5.11 Å². The van der Waals surface area contributed by atoms with Gasteiger partial charge >= 0.3 is 0 Å². The van der Waals surface area contributed by atoms with E-state index in [2.05, 4.69) is 48.5 Å². The normalized spacial score (nSPS) is 51.6. The van der Waals surface area contributed by atoms with E-state index in [0.29, 0.717) is 11.3 Å². The predicted molar refractivity (Wildman–Crippen MR) is 128 cm³/mol. The topological polar surface area (TPSA) is 20.2 Å². The molecular weight excluding hydrogens is 364 g/mol. The summed E-state index contributed by atoms with van der Waals surface area (Å²) in [7, 11) is 0. The predicted octanol–water partition coefficient (Wildman–Crippen LogP) is 8.10. The monoisotopic (exact) mass is 417 g/mol. The lowest BCUT2D eigenvalue weighted by molar-refractivity contribution is -0.170. The molecule has 0 aliphatic heterocycles. The molecule has 4 aliphatic rings. The number of hydrogen-bond donors (Lipinski definition) is 1. The fourth-order valence-corrected chi connectivity index (χ4v) is 10.1. The van der Waals surface area contributed by atoms with Gasteiger partial charge in [-0.1, -0.05) is 67.7 Å². The van der Waals surface area contributed by atoms with Crippen molar-refractivity contribution in [1.82, 2.24) is 0 Å². The molecule has 0 unspecified atom stereocenters. The van der Waals surface area contributed by atoms with Gasteiger partial charge in [-0.3, -0.25) is 0 Å². The van der Waals surface area contributed by atoms with Gasteiger partial charge in [0.1, 0.15) is 0 Å². The van der Waals surface area contributed by atoms with Crippen LogP contribution >= 0.6 is 0 Å². The number of hydrogen-bond acceptors (Lipinski definition) is 1. The molecular formula is C29H52O. The first-order valence-corrected chi connectivity index (χ1v) is 13.5. The Hall–Kier alpha value is -0.0400. The van der Waals surface area contributed by atoms with Gasteiger partial charge in [-0.05, 0) is 109 Å². The molecule has 0 radical (unpaired) electrons. The highest BCUT2D eigenvalue weighted by Gasteiger charge is 2.63. The van der Waals surface area contributed by atoms with Crippen LogP contribution in [-0.4, -0.2) is 11.2 Å². The first-order valence-electron chi connectivity index (χ1n) is 14.1. The summed E-state index contributed by atoms with van der Waals surface area (Å²) in [6.07, 6.45) is 12.7. The molecule has 0 aromatic heterocycles. The summed E-state index contributed by atoms with van der Waals surface area (Å²) in [5.41, 5.74) is 0.704. The minimum atomic E-state index is -0.444. The molecule has 4 saturated carbocycles. The second-order valence-electron chi connectivity index (χ2n) is 13.8. The van der Waals surface area contributed by atoms with Crippen molar-refractivity contribution in [2.24, 2.45) is 57.7 Å². The highest BCUT2D eigenvalue weighted by molar-refractivity contribution is 5.12. The molecule has 0 aromatic carbocycles. The lowest BCUT2D eigenvalue weighted by atomic mass is 9.41. The molecule has 0 aromatic rings. The standard InChI is InChI=1S/C29H52O/c1-19(2)9-8-10-20(3)23-12-13-24-22-11-14-26-27(4,5)17-21(30)18-29(26,7)25(22)15-16-28(23,24)6/h19-26,30H,8-18H2,1-7H3/t20-,21-,22+,23-,24+,25+,26+,28-,29-/m1/s1/i17D/t17-,20-,21-,22+,23-,24+,25+,26+,28-,29-. The third kappa shape index (κ3) is 3.72. The average Bonchev–Trinajstić information content (AvgIpc) is 3.03. The molecule has 0 spiro atoms. The molecule has 4 rings (SSSR count). The molecule has 0 amide bonds. The summed E-state index contributed by atoms with van der Waals surface area (Å²) < 4.78 is 8.68. The van der Waals surface area contributed by atoms with Crippen molar-refractivity contribution in [3.05, 3.63) is 0 Å². The van der Waals surface area contributed by atoms with Crippen LogP contribution in [0.25, 0.3) is 0 Å². The second-order valence-corrected chi connectivity index (χ2v) is 13.8. The van der Waals surface area contributed by atoms with Crippen LogP contribution in [0.1, 0.15) is 120 Å². The van der Waals surface area contributed by atoms with E-state index < -0.39 is 6.10 Å². The minimum absolute atomic E-state index is 0.0682. The zero-order valence-electron chi connectivity index (χ0n) is 22.2. The number of rotatable bonds is 5. The Labute approximate surface area is 189 Å². The van der Waals surface area contributed by atoms with E-state index >= 15 is 0 Å². The Bertz CT molecular complexity index is 643. The van der Waals surface area contributed by atoms with E-state index in [-0.39, 0.29) is 17.2 Å². The van der Waals surface area contributed by atoms with E-state index in [4.69, 9.17) is 1.37 Å². The number of aliphatic hydroxyl groups excluding tert-OH is 1. The Morgan fingerprint density at radius 1 is 0.900 bits per heavy atom. The van der Waals surface area contributed by atoms with Crippen LogP contribution in [0.4, 0.5) is 0 Å². The molecule has 1 heteroatoms. The number of aliphatic hydroxyl groups is 1. The fraction of sp³-hybridized carbons (Fsp3) is 1.00. The quantitative estimate of drug-likeness (QED) is 0.479. The van der Waals surface area contributed by atoms with Crippen LogP contribution in [-0.2, 0) is 0 Å². The van der Waals surface area contributed by atoms with Crippen molar-refractivity contribution in [2.45, 2.75) is 125 Å². The van der Waals surface area contributed by atoms with Gasteiger partial charge in [0.15, 0.2) is 0 Å². The third-order valence-corrected chi connectivity index (χ3v) is 11.2. The van der Waals surface area contributed by atoms with Gasteiger partial charge in [-0.2, -0.15) is 0 Å². The molecule has 0 saturated heterocycles. The summed E-state index contributed by atoms with van der Waals surface area (Å²) in [5, 5.41) is 10.9. The highest BCUT2D eigenvalue weighted by atomic mass is 16.3. The van der Waals surface area contributed by atoms with E-state index in [1.165, 1.54) is 57.8 Å². The molecule has 0 heterocycles. The Balaban J connectivity index is 1.52. The van der Waals surface area contributed by atoms with E-state index in [1.54, 1.807) is 0 Å². The Morgan fingerprint density at radius 2 is 1.60 bits per heavy atom. The smallest absolute Gasteiger partial charge is 0.0550 e. The molecule has 10 atom stereocenters. The lowest BCUT2D eigenvalue weighted by Gasteiger charge is -2.64. The summed E-state index contributed by atoms with van der Waals surface area (Å²) in [6, 6.07) is 0. The third-order valence-electron chi connectivity index (χ3n) is 11.2. The lowest BCUT2D eigenvalue weighted by Crippen LogP contribution is -2.58. The molecule has 1 nitrogen and oxygen atoms in total. The van der Waals surface area contributed by atoms with Crippen molar-refractivity contribution >= 4 is 0 Å². The van der Waals surface area contributed by atoms with Crippen molar-refractivity contribution in [3.63, 3.8) is 0 Å². The van der Waals surface area contributed by atoms with Crippen molar-refractivity contribution in [2.75, 3.05) is 0 Å². The van der Waals surface area contributed by atoms with Crippen LogP contribution in [0.2, 0.25) is 0 Å². The summed E-state index contributed by atoms with van der Waals surface area (Å²) >= 11 is 0. The molecule has 174 valence electrons. The largest absolute Gasteiger partial charge is 0.393 e. The van der Waals surface area contributed by atoms with Crippen LogP contribution < -0.4 is 0 Å². The van der Waals surface area contributed by atoms with Gasteiger partial charge in [0.05, 0.1) is 6.10 Å². The minimum Gasteiger partial charge on any atom is -0.393 e. The molecule has 4 aliphatic carbocycles. The SMILES string of the molecule is [2H][C@@H]1[C@@H](O)C[C@]2(C)[C@H]3CC[C@]4(C)[C@@H]([C@H](C)CCCC(C)C)CC[C@H]4[C@@H]3CC[C@H]2C1(C)C. The van der Waals surface area contributed by atoms with Crippen molar-refractivity contribution < 1.29 is 6.48 Å².